The minimum Gasteiger partial charge on any atom is -0.468 e. The lowest BCUT2D eigenvalue weighted by Crippen LogP contribution is -2.42. The van der Waals surface area contributed by atoms with Crippen molar-refractivity contribution in [2.45, 2.75) is 32.2 Å². The lowest BCUT2D eigenvalue weighted by Gasteiger charge is -2.30. The minimum atomic E-state index is -0.114. The van der Waals surface area contributed by atoms with Gasteiger partial charge in [-0.2, -0.15) is 0 Å². The third-order valence-electron chi connectivity index (χ3n) is 2.48. The van der Waals surface area contributed by atoms with Gasteiger partial charge in [-0.1, -0.05) is 6.42 Å². The Kier molecular flexibility index (Phi) is 6.08. The maximum atomic E-state index is 11.1. The predicted molar refractivity (Wildman–Crippen MR) is 54.2 cm³/mol. The van der Waals surface area contributed by atoms with Crippen molar-refractivity contribution in [1.82, 2.24) is 4.90 Å². The number of ether oxygens (including phenoxy) is 1. The summed E-state index contributed by atoms with van der Waals surface area (Å²) in [5.74, 6) is -0.114. The van der Waals surface area contributed by atoms with Gasteiger partial charge in [-0.25, -0.2) is 0 Å². The van der Waals surface area contributed by atoms with Crippen molar-refractivity contribution in [1.29, 1.82) is 0 Å². The molecule has 1 atom stereocenters. The molecule has 1 rings (SSSR count). The highest BCUT2D eigenvalue weighted by molar-refractivity contribution is 5.85. The first kappa shape index (κ1) is 12.7. The number of methoxy groups -OCH3 is 1. The molecule has 1 aliphatic rings. The molecule has 0 aliphatic carbocycles. The van der Waals surface area contributed by atoms with Crippen molar-refractivity contribution < 1.29 is 9.53 Å². The van der Waals surface area contributed by atoms with E-state index in [2.05, 4.69) is 9.64 Å². The van der Waals surface area contributed by atoms with Gasteiger partial charge in [0.1, 0.15) is 6.04 Å². The van der Waals surface area contributed by atoms with Crippen LogP contribution in [0.2, 0.25) is 0 Å². The number of esters is 1. The molecule has 0 bridgehead atoms. The first-order valence-electron chi connectivity index (χ1n) is 4.57. The van der Waals surface area contributed by atoms with Crippen LogP contribution in [0.3, 0.4) is 0 Å². The number of likely N-dealkylation sites (tertiary alicyclic amines) is 1. The molecule has 3 nitrogen and oxygen atoms in total. The summed E-state index contributed by atoms with van der Waals surface area (Å²) in [4.78, 5) is 13.3. The van der Waals surface area contributed by atoms with Crippen LogP contribution in [0.5, 0.6) is 0 Å². The fourth-order valence-electron chi connectivity index (χ4n) is 1.63. The number of carbonyl (C=O) groups is 1. The molecule has 13 heavy (non-hydrogen) atoms. The average molecular weight is 208 g/mol. The Morgan fingerprint density at radius 1 is 1.31 bits per heavy atom. The zero-order valence-electron chi connectivity index (χ0n) is 8.28. The van der Waals surface area contributed by atoms with E-state index in [0.29, 0.717) is 0 Å². The van der Waals surface area contributed by atoms with Gasteiger partial charge in [0.2, 0.25) is 0 Å². The Morgan fingerprint density at radius 2 is 1.85 bits per heavy atom. The molecule has 0 aromatic carbocycles. The van der Waals surface area contributed by atoms with Crippen LogP contribution in [0.25, 0.3) is 0 Å². The van der Waals surface area contributed by atoms with E-state index in [0.717, 1.165) is 13.1 Å². The second-order valence-corrected chi connectivity index (χ2v) is 3.30. The Hall–Kier alpha value is -0.280. The topological polar surface area (TPSA) is 29.5 Å². The van der Waals surface area contributed by atoms with Gasteiger partial charge in [-0.05, 0) is 32.9 Å². The van der Waals surface area contributed by atoms with Crippen molar-refractivity contribution in [2.75, 3.05) is 20.2 Å². The molecule has 0 spiro atoms. The van der Waals surface area contributed by atoms with E-state index in [1.165, 1.54) is 26.4 Å². The van der Waals surface area contributed by atoms with Crippen molar-refractivity contribution >= 4 is 18.4 Å². The number of rotatable bonds is 2. The van der Waals surface area contributed by atoms with Crippen LogP contribution in [0.4, 0.5) is 0 Å². The Balaban J connectivity index is 0.00000144. The summed E-state index contributed by atoms with van der Waals surface area (Å²) < 4.78 is 4.68. The van der Waals surface area contributed by atoms with Gasteiger partial charge in [0.25, 0.3) is 0 Å². The van der Waals surface area contributed by atoms with Gasteiger partial charge >= 0.3 is 5.97 Å². The van der Waals surface area contributed by atoms with Crippen LogP contribution in [0.15, 0.2) is 0 Å². The first-order valence-corrected chi connectivity index (χ1v) is 4.57. The SMILES string of the molecule is COC(=O)C(C)N1CCCCC1.Cl. The van der Waals surface area contributed by atoms with E-state index in [4.69, 9.17) is 0 Å². The van der Waals surface area contributed by atoms with Crippen LogP contribution >= 0.6 is 12.4 Å². The number of nitrogens with zero attached hydrogens (tertiary/aromatic N) is 1. The third kappa shape index (κ3) is 3.53. The zero-order chi connectivity index (χ0) is 8.97. The second-order valence-electron chi connectivity index (χ2n) is 3.30. The van der Waals surface area contributed by atoms with Crippen LogP contribution in [0.1, 0.15) is 26.2 Å². The fraction of sp³-hybridized carbons (Fsp3) is 0.889. The summed E-state index contributed by atoms with van der Waals surface area (Å²) in [7, 11) is 1.45. The first-order chi connectivity index (χ1) is 5.75. The van der Waals surface area contributed by atoms with Crippen molar-refractivity contribution in [3.8, 4) is 0 Å². The van der Waals surface area contributed by atoms with Crippen molar-refractivity contribution in [3.63, 3.8) is 0 Å². The molecule has 0 saturated carbocycles. The van der Waals surface area contributed by atoms with Crippen molar-refractivity contribution in [2.24, 2.45) is 0 Å². The lowest BCUT2D eigenvalue weighted by atomic mass is 10.1. The molecule has 1 saturated heterocycles. The van der Waals surface area contributed by atoms with Gasteiger partial charge in [-0.3, -0.25) is 9.69 Å². The van der Waals surface area contributed by atoms with Gasteiger partial charge in [-0.15, -0.1) is 12.4 Å². The van der Waals surface area contributed by atoms with E-state index in [1.54, 1.807) is 0 Å². The quantitative estimate of drug-likeness (QED) is 0.643. The Bertz CT molecular complexity index is 158. The molecule has 1 fully saturated rings. The third-order valence-corrected chi connectivity index (χ3v) is 2.48. The summed E-state index contributed by atoms with van der Waals surface area (Å²) in [6, 6.07) is -0.0599. The summed E-state index contributed by atoms with van der Waals surface area (Å²) in [5.41, 5.74) is 0. The maximum Gasteiger partial charge on any atom is 0.322 e. The smallest absolute Gasteiger partial charge is 0.322 e. The summed E-state index contributed by atoms with van der Waals surface area (Å²) in [5, 5.41) is 0. The molecule has 0 aromatic heterocycles. The number of carbonyl (C=O) groups excluding carboxylic acids is 1. The van der Waals surface area contributed by atoms with Gasteiger partial charge in [0.15, 0.2) is 0 Å². The Labute approximate surface area is 85.8 Å². The van der Waals surface area contributed by atoms with Crippen LogP contribution in [-0.2, 0) is 9.53 Å². The number of piperidine rings is 1. The molecule has 0 radical (unpaired) electrons. The highest BCUT2D eigenvalue weighted by Gasteiger charge is 2.22. The summed E-state index contributed by atoms with van der Waals surface area (Å²) in [6.07, 6.45) is 3.72. The predicted octanol–water partition coefficient (Wildman–Crippen LogP) is 1.46. The van der Waals surface area contributed by atoms with Gasteiger partial charge in [0, 0.05) is 0 Å². The molecule has 0 amide bonds. The lowest BCUT2D eigenvalue weighted by molar-refractivity contribution is -0.146. The summed E-state index contributed by atoms with van der Waals surface area (Å²) in [6.45, 7) is 3.99. The maximum absolute atomic E-state index is 11.1. The molecule has 78 valence electrons. The van der Waals surface area contributed by atoms with Gasteiger partial charge in [0.05, 0.1) is 7.11 Å². The summed E-state index contributed by atoms with van der Waals surface area (Å²) >= 11 is 0. The van der Waals surface area contributed by atoms with Crippen LogP contribution < -0.4 is 0 Å². The number of hydrogen-bond donors (Lipinski definition) is 0. The second kappa shape index (κ2) is 6.22. The largest absolute Gasteiger partial charge is 0.468 e. The van der Waals surface area contributed by atoms with E-state index < -0.39 is 0 Å². The zero-order valence-corrected chi connectivity index (χ0v) is 9.10. The monoisotopic (exact) mass is 207 g/mol. The van der Waals surface area contributed by atoms with E-state index in [9.17, 15) is 4.79 Å². The average Bonchev–Trinajstić information content (AvgIpc) is 2.17. The number of hydrogen-bond acceptors (Lipinski definition) is 3. The molecular formula is C9H18ClNO2. The standard InChI is InChI=1S/C9H17NO2.ClH/c1-8(9(11)12-2)10-6-4-3-5-7-10;/h8H,3-7H2,1-2H3;1H. The van der Waals surface area contributed by atoms with Crippen LogP contribution in [0, 0.1) is 0 Å². The van der Waals surface area contributed by atoms with E-state index in [-0.39, 0.29) is 24.4 Å². The molecule has 4 heteroatoms. The van der Waals surface area contributed by atoms with E-state index in [1.807, 2.05) is 6.92 Å². The Morgan fingerprint density at radius 3 is 2.31 bits per heavy atom. The molecule has 1 heterocycles. The molecule has 0 aromatic rings. The highest BCUT2D eigenvalue weighted by atomic mass is 35.5. The molecule has 0 N–H and O–H groups in total. The minimum absolute atomic E-state index is 0. The molecule has 1 unspecified atom stereocenters. The highest BCUT2D eigenvalue weighted by Crippen LogP contribution is 2.12. The molecule has 1 aliphatic heterocycles. The van der Waals surface area contributed by atoms with E-state index >= 15 is 0 Å². The van der Waals surface area contributed by atoms with Crippen LogP contribution in [-0.4, -0.2) is 37.1 Å². The molecular weight excluding hydrogens is 190 g/mol. The normalized spacial score (nSPS) is 20.2. The number of halogens is 1. The fourth-order valence-corrected chi connectivity index (χ4v) is 1.63. The van der Waals surface area contributed by atoms with Gasteiger partial charge < -0.3 is 4.74 Å². The van der Waals surface area contributed by atoms with Crippen molar-refractivity contribution in [3.05, 3.63) is 0 Å².